The number of pyridine rings is 1. The van der Waals surface area contributed by atoms with Gasteiger partial charge in [-0.3, -0.25) is 4.79 Å². The molecule has 1 amide bonds. The molecular weight excluding hydrogens is 140 g/mol. The fourth-order valence-electron chi connectivity index (χ4n) is 0.702. The first-order chi connectivity index (χ1) is 5.24. The summed E-state index contributed by atoms with van der Waals surface area (Å²) < 4.78 is 0. The monoisotopic (exact) mass is 148 g/mol. The van der Waals surface area contributed by atoms with Crippen LogP contribution in [0.4, 0.5) is 0 Å². The van der Waals surface area contributed by atoms with E-state index in [9.17, 15) is 4.79 Å². The Balaban J connectivity index is 3.10. The van der Waals surface area contributed by atoms with Gasteiger partial charge in [0.15, 0.2) is 0 Å². The molecule has 56 valence electrons. The maximum atomic E-state index is 10.6. The van der Waals surface area contributed by atoms with E-state index in [-0.39, 0.29) is 5.69 Å². The van der Waals surface area contributed by atoms with Crippen molar-refractivity contribution in [3.8, 4) is 0 Å². The second-order valence-electron chi connectivity index (χ2n) is 2.02. The van der Waals surface area contributed by atoms with Crippen LogP contribution in [0.3, 0.4) is 0 Å². The summed E-state index contributed by atoms with van der Waals surface area (Å²) in [5.74, 6) is -0.520. The Morgan fingerprint density at radius 2 is 2.36 bits per heavy atom. The molecule has 0 radical (unpaired) electrons. The van der Waals surface area contributed by atoms with Crippen molar-refractivity contribution in [3.63, 3.8) is 0 Å². The lowest BCUT2D eigenvalue weighted by molar-refractivity contribution is 0.0995. The van der Waals surface area contributed by atoms with Crippen LogP contribution in [0.15, 0.2) is 24.8 Å². The molecule has 0 atom stereocenters. The largest absolute Gasteiger partial charge is 0.364 e. The van der Waals surface area contributed by atoms with Gasteiger partial charge in [0.1, 0.15) is 5.69 Å². The van der Waals surface area contributed by atoms with Gasteiger partial charge in [0.25, 0.3) is 5.91 Å². The molecule has 0 saturated heterocycles. The minimum atomic E-state index is -0.520. The van der Waals surface area contributed by atoms with Crippen molar-refractivity contribution in [3.05, 3.63) is 36.2 Å². The molecule has 0 aliphatic heterocycles. The van der Waals surface area contributed by atoms with E-state index in [1.54, 1.807) is 24.3 Å². The van der Waals surface area contributed by atoms with E-state index in [2.05, 4.69) is 11.6 Å². The maximum Gasteiger partial charge on any atom is 0.267 e. The summed E-state index contributed by atoms with van der Waals surface area (Å²) in [6, 6.07) is 5.03. The van der Waals surface area contributed by atoms with E-state index in [1.807, 2.05) is 0 Å². The quantitative estimate of drug-likeness (QED) is 0.675. The molecule has 0 aliphatic rings. The molecule has 1 rings (SSSR count). The van der Waals surface area contributed by atoms with Crippen molar-refractivity contribution in [2.75, 3.05) is 0 Å². The first-order valence-corrected chi connectivity index (χ1v) is 3.13. The molecule has 0 unspecified atom stereocenters. The van der Waals surface area contributed by atoms with Crippen LogP contribution in [-0.4, -0.2) is 10.9 Å². The van der Waals surface area contributed by atoms with Gasteiger partial charge in [0, 0.05) is 0 Å². The Morgan fingerprint density at radius 1 is 1.64 bits per heavy atom. The highest BCUT2D eigenvalue weighted by Crippen LogP contribution is 1.98. The van der Waals surface area contributed by atoms with E-state index in [4.69, 9.17) is 5.73 Å². The van der Waals surface area contributed by atoms with Crippen LogP contribution in [0, 0.1) is 0 Å². The lowest BCUT2D eigenvalue weighted by atomic mass is 10.3. The first-order valence-electron chi connectivity index (χ1n) is 3.13. The molecule has 0 saturated carbocycles. The van der Waals surface area contributed by atoms with E-state index in [0.29, 0.717) is 5.69 Å². The summed E-state index contributed by atoms with van der Waals surface area (Å²) in [7, 11) is 0. The highest BCUT2D eigenvalue weighted by atomic mass is 16.1. The number of aromatic nitrogens is 1. The number of amides is 1. The smallest absolute Gasteiger partial charge is 0.267 e. The number of carbonyl (C=O) groups excluding carboxylic acids is 1. The third-order valence-corrected chi connectivity index (χ3v) is 1.23. The van der Waals surface area contributed by atoms with Gasteiger partial charge in [-0.15, -0.1) is 0 Å². The second-order valence-corrected chi connectivity index (χ2v) is 2.02. The Kier molecular flexibility index (Phi) is 2.01. The summed E-state index contributed by atoms with van der Waals surface area (Å²) in [5.41, 5.74) is 5.92. The topological polar surface area (TPSA) is 56.0 Å². The van der Waals surface area contributed by atoms with Crippen LogP contribution in [0.5, 0.6) is 0 Å². The zero-order chi connectivity index (χ0) is 8.27. The van der Waals surface area contributed by atoms with Crippen LogP contribution in [-0.2, 0) is 0 Å². The first kappa shape index (κ1) is 7.47. The number of primary amides is 1. The predicted octanol–water partition coefficient (Wildman–Crippen LogP) is 0.824. The van der Waals surface area contributed by atoms with E-state index in [1.165, 1.54) is 0 Å². The van der Waals surface area contributed by atoms with Crippen molar-refractivity contribution < 1.29 is 4.79 Å². The van der Waals surface area contributed by atoms with Gasteiger partial charge in [0.2, 0.25) is 0 Å². The summed E-state index contributed by atoms with van der Waals surface area (Å²) in [6.07, 6.45) is 1.56. The van der Waals surface area contributed by atoms with Gasteiger partial charge in [0.05, 0.1) is 5.69 Å². The number of hydrogen-bond donors (Lipinski definition) is 1. The molecule has 3 heteroatoms. The third-order valence-electron chi connectivity index (χ3n) is 1.23. The number of hydrogen-bond acceptors (Lipinski definition) is 2. The molecular formula is C8H8N2O. The van der Waals surface area contributed by atoms with Crippen LogP contribution >= 0.6 is 0 Å². The highest BCUT2D eigenvalue weighted by Gasteiger charge is 1.99. The number of nitrogens with zero attached hydrogens (tertiary/aromatic N) is 1. The Hall–Kier alpha value is -1.64. The van der Waals surface area contributed by atoms with Crippen LogP contribution in [0.25, 0.3) is 6.08 Å². The lowest BCUT2D eigenvalue weighted by Crippen LogP contribution is -2.12. The van der Waals surface area contributed by atoms with Crippen molar-refractivity contribution in [1.82, 2.24) is 4.98 Å². The summed E-state index contributed by atoms with van der Waals surface area (Å²) in [5, 5.41) is 0. The Labute approximate surface area is 64.6 Å². The molecule has 2 N–H and O–H groups in total. The molecule has 0 fully saturated rings. The van der Waals surface area contributed by atoms with E-state index < -0.39 is 5.91 Å². The van der Waals surface area contributed by atoms with Crippen molar-refractivity contribution >= 4 is 12.0 Å². The van der Waals surface area contributed by atoms with Gasteiger partial charge in [-0.2, -0.15) is 0 Å². The maximum absolute atomic E-state index is 10.6. The lowest BCUT2D eigenvalue weighted by Gasteiger charge is -1.94. The molecule has 1 aromatic rings. The minimum absolute atomic E-state index is 0.266. The summed E-state index contributed by atoms with van der Waals surface area (Å²) >= 11 is 0. The van der Waals surface area contributed by atoms with Crippen LogP contribution < -0.4 is 5.73 Å². The fraction of sp³-hybridized carbons (Fsp3) is 0. The highest BCUT2D eigenvalue weighted by molar-refractivity contribution is 5.90. The average molecular weight is 148 g/mol. The van der Waals surface area contributed by atoms with E-state index >= 15 is 0 Å². The van der Waals surface area contributed by atoms with Gasteiger partial charge in [-0.1, -0.05) is 12.6 Å². The number of rotatable bonds is 2. The molecule has 0 bridgehead atoms. The normalized spacial score (nSPS) is 9.09. The molecule has 1 aromatic heterocycles. The van der Waals surface area contributed by atoms with Gasteiger partial charge < -0.3 is 5.73 Å². The molecule has 11 heavy (non-hydrogen) atoms. The molecule has 0 spiro atoms. The van der Waals surface area contributed by atoms with Crippen LogP contribution in [0.2, 0.25) is 0 Å². The standard InChI is InChI=1S/C8H8N2O/c1-2-6-4-3-5-7(10-6)8(9)11/h2-5H,1H2,(H2,9,11). The Morgan fingerprint density at radius 3 is 2.91 bits per heavy atom. The summed E-state index contributed by atoms with van der Waals surface area (Å²) in [6.45, 7) is 3.52. The average Bonchev–Trinajstić information content (AvgIpc) is 2.05. The minimum Gasteiger partial charge on any atom is -0.364 e. The molecule has 3 nitrogen and oxygen atoms in total. The Bertz CT molecular complexity index is 294. The predicted molar refractivity (Wildman–Crippen MR) is 42.8 cm³/mol. The van der Waals surface area contributed by atoms with Crippen LogP contribution in [0.1, 0.15) is 16.2 Å². The van der Waals surface area contributed by atoms with Gasteiger partial charge in [-0.05, 0) is 18.2 Å². The summed E-state index contributed by atoms with van der Waals surface area (Å²) in [4.78, 5) is 14.5. The van der Waals surface area contributed by atoms with Crippen molar-refractivity contribution in [2.45, 2.75) is 0 Å². The fourth-order valence-corrected chi connectivity index (χ4v) is 0.702. The SMILES string of the molecule is C=Cc1cccc(C(N)=O)n1. The second kappa shape index (κ2) is 2.96. The number of nitrogens with two attached hydrogens (primary N) is 1. The molecule has 1 heterocycles. The van der Waals surface area contributed by atoms with Gasteiger partial charge in [-0.25, -0.2) is 4.98 Å². The molecule has 0 aliphatic carbocycles. The van der Waals surface area contributed by atoms with Crippen molar-refractivity contribution in [2.24, 2.45) is 5.73 Å². The van der Waals surface area contributed by atoms with Crippen molar-refractivity contribution in [1.29, 1.82) is 0 Å². The zero-order valence-electron chi connectivity index (χ0n) is 5.95. The van der Waals surface area contributed by atoms with E-state index in [0.717, 1.165) is 0 Å². The zero-order valence-corrected chi connectivity index (χ0v) is 5.95. The molecule has 0 aromatic carbocycles. The van der Waals surface area contributed by atoms with Gasteiger partial charge >= 0.3 is 0 Å². The number of carbonyl (C=O) groups is 1. The third kappa shape index (κ3) is 1.64.